The monoisotopic (exact) mass is 300 g/mol. The zero-order valence-corrected chi connectivity index (χ0v) is 10.5. The zero-order valence-electron chi connectivity index (χ0n) is 9.64. The van der Waals surface area contributed by atoms with Gasteiger partial charge in [-0.05, 0) is 24.3 Å². The van der Waals surface area contributed by atoms with E-state index >= 15 is 0 Å². The largest absolute Gasteiger partial charge is 0.501 e. The average Bonchev–Trinajstić information content (AvgIpc) is 2.66. The first-order valence-electron chi connectivity index (χ1n) is 5.07. The maximum atomic E-state index is 11.6. The van der Waals surface area contributed by atoms with Gasteiger partial charge < -0.3 is 10.2 Å². The van der Waals surface area contributed by atoms with Gasteiger partial charge in [0.1, 0.15) is 0 Å². The van der Waals surface area contributed by atoms with E-state index in [1.165, 1.54) is 0 Å². The van der Waals surface area contributed by atoms with Crippen molar-refractivity contribution in [3.05, 3.63) is 40.3 Å². The Hall–Kier alpha value is -2.59. The Morgan fingerprint density at radius 1 is 1.20 bits per heavy atom. The second-order valence-corrected chi connectivity index (χ2v) is 5.17. The van der Waals surface area contributed by atoms with Crippen LogP contribution in [0.4, 0.5) is 0 Å². The highest BCUT2D eigenvalue weighted by atomic mass is 32.2. The van der Waals surface area contributed by atoms with E-state index in [4.69, 9.17) is 9.66 Å². The third kappa shape index (κ3) is 2.29. The molecule has 0 fully saturated rings. The molecule has 0 spiro atoms. The number of hydrogen-bond acceptors (Lipinski definition) is 5. The number of aromatic amines is 1. The molecule has 0 unspecified atom stereocenters. The molecule has 9 nitrogen and oxygen atoms in total. The molecule has 0 saturated carbocycles. The lowest BCUT2D eigenvalue weighted by Crippen LogP contribution is -2.14. The van der Waals surface area contributed by atoms with Crippen LogP contribution in [-0.4, -0.2) is 38.9 Å². The third-order valence-electron chi connectivity index (χ3n) is 2.47. The van der Waals surface area contributed by atoms with Crippen molar-refractivity contribution in [2.24, 2.45) is 0 Å². The Morgan fingerprint density at radius 3 is 2.15 bits per heavy atom. The van der Waals surface area contributed by atoms with Gasteiger partial charge in [0.2, 0.25) is 5.75 Å². The van der Waals surface area contributed by atoms with Crippen molar-refractivity contribution >= 4 is 16.1 Å². The number of benzene rings is 1. The van der Waals surface area contributed by atoms with Gasteiger partial charge in [0, 0.05) is 0 Å². The van der Waals surface area contributed by atoms with Crippen molar-refractivity contribution in [3.63, 3.8) is 0 Å². The summed E-state index contributed by atoms with van der Waals surface area (Å²) in [5.41, 5.74) is -1.60. The molecule has 0 saturated heterocycles. The molecule has 106 valence electrons. The van der Waals surface area contributed by atoms with E-state index in [0.717, 1.165) is 28.9 Å². The molecule has 0 aliphatic carbocycles. The molecule has 1 aromatic heterocycles. The predicted octanol–water partition coefficient (Wildman–Crippen LogP) is -0.184. The second kappa shape index (κ2) is 4.51. The molecule has 2 rings (SSSR count). The van der Waals surface area contributed by atoms with Crippen LogP contribution in [0.15, 0.2) is 34.0 Å². The molecule has 20 heavy (non-hydrogen) atoms. The van der Waals surface area contributed by atoms with Crippen LogP contribution in [-0.2, 0) is 10.1 Å². The number of rotatable bonds is 3. The van der Waals surface area contributed by atoms with Crippen LogP contribution in [0, 0.1) is 0 Å². The molecular weight excluding hydrogens is 292 g/mol. The quantitative estimate of drug-likeness (QED) is 0.574. The first-order chi connectivity index (χ1) is 9.21. The van der Waals surface area contributed by atoms with E-state index in [1.54, 1.807) is 0 Å². The van der Waals surface area contributed by atoms with Gasteiger partial charge in [-0.25, -0.2) is 9.48 Å². The SMILES string of the molecule is O=C(O)c1[nH]n(-c2ccc(S(=O)(=O)O)cc2)c(=O)c1O. The first-order valence-corrected chi connectivity index (χ1v) is 6.51. The second-order valence-electron chi connectivity index (χ2n) is 3.75. The number of aromatic nitrogens is 2. The number of nitrogens with one attached hydrogen (secondary N) is 1. The van der Waals surface area contributed by atoms with Crippen molar-refractivity contribution in [3.8, 4) is 11.4 Å². The Balaban J connectivity index is 2.56. The van der Waals surface area contributed by atoms with Gasteiger partial charge in [0.15, 0.2) is 5.69 Å². The van der Waals surface area contributed by atoms with Crippen LogP contribution in [0.2, 0.25) is 0 Å². The van der Waals surface area contributed by atoms with E-state index in [-0.39, 0.29) is 10.6 Å². The number of carboxylic acid groups (broad SMARTS) is 1. The van der Waals surface area contributed by atoms with Crippen molar-refractivity contribution in [2.45, 2.75) is 4.90 Å². The predicted molar refractivity (Wildman–Crippen MR) is 64.8 cm³/mol. The molecule has 1 heterocycles. The number of carboxylic acids is 1. The Bertz CT molecular complexity index is 829. The number of hydrogen-bond donors (Lipinski definition) is 4. The summed E-state index contributed by atoms with van der Waals surface area (Å²) < 4.78 is 31.2. The molecule has 0 atom stereocenters. The first kappa shape index (κ1) is 13.8. The molecule has 2 aromatic rings. The Morgan fingerprint density at radius 2 is 1.75 bits per heavy atom. The van der Waals surface area contributed by atoms with Gasteiger partial charge in [-0.3, -0.25) is 14.4 Å². The molecular formula is C10H8N2O7S. The van der Waals surface area contributed by atoms with Crippen LogP contribution >= 0.6 is 0 Å². The van der Waals surface area contributed by atoms with Crippen LogP contribution in [0.5, 0.6) is 5.75 Å². The normalized spacial score (nSPS) is 11.4. The lowest BCUT2D eigenvalue weighted by atomic mass is 10.3. The van der Waals surface area contributed by atoms with Gasteiger partial charge >= 0.3 is 11.5 Å². The minimum atomic E-state index is -4.37. The fourth-order valence-electron chi connectivity index (χ4n) is 1.53. The molecule has 0 aliphatic rings. The molecule has 1 aromatic carbocycles. The van der Waals surface area contributed by atoms with Crippen LogP contribution < -0.4 is 5.56 Å². The maximum absolute atomic E-state index is 11.6. The van der Waals surface area contributed by atoms with E-state index in [0.29, 0.717) is 0 Å². The average molecular weight is 300 g/mol. The molecule has 0 aliphatic heterocycles. The van der Waals surface area contributed by atoms with Crippen molar-refractivity contribution in [1.29, 1.82) is 0 Å². The lowest BCUT2D eigenvalue weighted by Gasteiger charge is -2.02. The van der Waals surface area contributed by atoms with Crippen molar-refractivity contribution in [2.75, 3.05) is 0 Å². The molecule has 0 amide bonds. The summed E-state index contributed by atoms with van der Waals surface area (Å²) in [6.07, 6.45) is 0. The standard InChI is InChI=1S/C10H8N2O7S/c13-8-7(10(15)16)11-12(9(8)14)5-1-3-6(4-2-5)20(17,18)19/h1-4,11,13H,(H,15,16)(H,17,18,19). The smallest absolute Gasteiger partial charge is 0.357 e. The summed E-state index contributed by atoms with van der Waals surface area (Å²) >= 11 is 0. The van der Waals surface area contributed by atoms with Gasteiger partial charge in [0.25, 0.3) is 10.1 Å². The Labute approximate surface area is 111 Å². The fourth-order valence-corrected chi connectivity index (χ4v) is 2.01. The number of nitrogens with zero attached hydrogens (tertiary/aromatic N) is 1. The van der Waals surface area contributed by atoms with Crippen LogP contribution in [0.25, 0.3) is 5.69 Å². The van der Waals surface area contributed by atoms with Crippen LogP contribution in [0.3, 0.4) is 0 Å². The van der Waals surface area contributed by atoms with Gasteiger partial charge in [-0.2, -0.15) is 8.42 Å². The highest BCUT2D eigenvalue weighted by molar-refractivity contribution is 7.85. The Kier molecular flexibility index (Phi) is 3.12. The van der Waals surface area contributed by atoms with E-state index in [1.807, 2.05) is 0 Å². The number of aromatic carboxylic acids is 1. The van der Waals surface area contributed by atoms with E-state index < -0.39 is 33.1 Å². The number of H-pyrrole nitrogens is 1. The van der Waals surface area contributed by atoms with E-state index in [2.05, 4.69) is 5.10 Å². The van der Waals surface area contributed by atoms with E-state index in [9.17, 15) is 23.1 Å². The van der Waals surface area contributed by atoms with Gasteiger partial charge in [0.05, 0.1) is 10.6 Å². The third-order valence-corrected chi connectivity index (χ3v) is 3.34. The van der Waals surface area contributed by atoms with Gasteiger partial charge in [-0.15, -0.1) is 0 Å². The maximum Gasteiger partial charge on any atom is 0.357 e. The summed E-state index contributed by atoms with van der Waals surface area (Å²) in [7, 11) is -4.37. The minimum Gasteiger partial charge on any atom is -0.501 e. The molecule has 4 N–H and O–H groups in total. The summed E-state index contributed by atoms with van der Waals surface area (Å²) in [5.74, 6) is -2.48. The molecule has 0 bridgehead atoms. The molecule has 0 radical (unpaired) electrons. The van der Waals surface area contributed by atoms with Gasteiger partial charge in [-0.1, -0.05) is 0 Å². The zero-order chi connectivity index (χ0) is 15.1. The highest BCUT2D eigenvalue weighted by Crippen LogP contribution is 2.15. The summed E-state index contributed by atoms with van der Waals surface area (Å²) in [6.45, 7) is 0. The topological polar surface area (TPSA) is 150 Å². The minimum absolute atomic E-state index is 0.0881. The number of carbonyl (C=O) groups is 1. The summed E-state index contributed by atoms with van der Waals surface area (Å²) in [6, 6.07) is 4.36. The summed E-state index contributed by atoms with van der Waals surface area (Å²) in [5, 5.41) is 20.3. The number of aromatic hydroxyl groups is 1. The van der Waals surface area contributed by atoms with Crippen molar-refractivity contribution < 1.29 is 28.0 Å². The molecule has 10 heteroatoms. The summed E-state index contributed by atoms with van der Waals surface area (Å²) in [4.78, 5) is 22.0. The van der Waals surface area contributed by atoms with Crippen molar-refractivity contribution in [1.82, 2.24) is 9.78 Å². The fraction of sp³-hybridized carbons (Fsp3) is 0. The lowest BCUT2D eigenvalue weighted by molar-refractivity contribution is 0.0687. The van der Waals surface area contributed by atoms with Crippen LogP contribution in [0.1, 0.15) is 10.5 Å². The highest BCUT2D eigenvalue weighted by Gasteiger charge is 2.19.